The predicted molar refractivity (Wildman–Crippen MR) is 99.1 cm³/mol. The summed E-state index contributed by atoms with van der Waals surface area (Å²) in [5.41, 5.74) is 5.93. The van der Waals surface area contributed by atoms with Crippen LogP contribution in [0.5, 0.6) is 0 Å². The van der Waals surface area contributed by atoms with E-state index in [4.69, 9.17) is 5.73 Å². The number of halogens is 1. The molecule has 6 heteroatoms. The van der Waals surface area contributed by atoms with Gasteiger partial charge < -0.3 is 16.0 Å². The third kappa shape index (κ3) is 6.60. The molecule has 1 aliphatic heterocycles. The highest BCUT2D eigenvalue weighted by atomic mass is 35.5. The van der Waals surface area contributed by atoms with Crippen LogP contribution in [0.15, 0.2) is 0 Å². The number of nitrogens with zero attached hydrogens (tertiary/aromatic N) is 1. The summed E-state index contributed by atoms with van der Waals surface area (Å²) in [6, 6.07) is 0. The van der Waals surface area contributed by atoms with Crippen molar-refractivity contribution in [1.82, 2.24) is 10.2 Å². The first-order chi connectivity index (χ1) is 11.2. The SMILES string of the molecule is Cl.NCC1(CC(=O)NCCC(=O)N2CCCCCC2)CCCCC1. The van der Waals surface area contributed by atoms with Crippen molar-refractivity contribution in [2.45, 2.75) is 70.6 Å². The molecule has 0 bridgehead atoms. The van der Waals surface area contributed by atoms with Gasteiger partial charge in [-0.25, -0.2) is 0 Å². The van der Waals surface area contributed by atoms with Crippen LogP contribution >= 0.6 is 12.4 Å². The lowest BCUT2D eigenvalue weighted by atomic mass is 9.71. The number of nitrogens with two attached hydrogens (primary N) is 1. The van der Waals surface area contributed by atoms with Gasteiger partial charge in [0.15, 0.2) is 0 Å². The highest BCUT2D eigenvalue weighted by molar-refractivity contribution is 5.85. The molecule has 0 unspecified atom stereocenters. The first-order valence-electron chi connectivity index (χ1n) is 9.40. The zero-order chi connectivity index (χ0) is 16.5. The number of carbonyl (C=O) groups excluding carboxylic acids is 2. The minimum atomic E-state index is -0.00285. The molecule has 0 spiro atoms. The van der Waals surface area contributed by atoms with E-state index < -0.39 is 0 Å². The van der Waals surface area contributed by atoms with Crippen molar-refractivity contribution in [3.63, 3.8) is 0 Å². The summed E-state index contributed by atoms with van der Waals surface area (Å²) in [4.78, 5) is 26.4. The molecule has 3 N–H and O–H groups in total. The number of nitrogens with one attached hydrogen (secondary N) is 1. The van der Waals surface area contributed by atoms with Crippen molar-refractivity contribution in [3.8, 4) is 0 Å². The number of hydrogen-bond acceptors (Lipinski definition) is 3. The number of hydrogen-bond donors (Lipinski definition) is 2. The molecule has 1 saturated heterocycles. The summed E-state index contributed by atoms with van der Waals surface area (Å²) in [7, 11) is 0. The van der Waals surface area contributed by atoms with Gasteiger partial charge in [0.25, 0.3) is 0 Å². The number of amides is 2. The van der Waals surface area contributed by atoms with Gasteiger partial charge in [0.1, 0.15) is 0 Å². The Labute approximate surface area is 152 Å². The molecule has 0 radical (unpaired) electrons. The Morgan fingerprint density at radius 1 is 0.958 bits per heavy atom. The summed E-state index contributed by atoms with van der Waals surface area (Å²) >= 11 is 0. The lowest BCUT2D eigenvalue weighted by Gasteiger charge is -2.35. The van der Waals surface area contributed by atoms with Gasteiger partial charge in [0.2, 0.25) is 11.8 Å². The molecule has 1 saturated carbocycles. The van der Waals surface area contributed by atoms with Crippen molar-refractivity contribution >= 4 is 24.2 Å². The highest BCUT2D eigenvalue weighted by Gasteiger charge is 2.32. The third-order valence-corrected chi connectivity index (χ3v) is 5.50. The standard InChI is InChI=1S/C18H33N3O2.ClH/c19-15-18(9-4-3-5-10-18)14-16(22)20-11-8-17(23)21-12-6-1-2-7-13-21;/h1-15,19H2,(H,20,22);1H. The Morgan fingerprint density at radius 3 is 2.12 bits per heavy atom. The molecular formula is C18H34ClN3O2. The average Bonchev–Trinajstić information content (AvgIpc) is 2.85. The lowest BCUT2D eigenvalue weighted by molar-refractivity contribution is -0.131. The molecule has 2 amide bonds. The smallest absolute Gasteiger partial charge is 0.224 e. The van der Waals surface area contributed by atoms with E-state index in [-0.39, 0.29) is 29.6 Å². The molecule has 24 heavy (non-hydrogen) atoms. The first kappa shape index (κ1) is 21.2. The second-order valence-electron chi connectivity index (χ2n) is 7.34. The van der Waals surface area contributed by atoms with Crippen molar-refractivity contribution in [2.24, 2.45) is 11.1 Å². The fourth-order valence-electron chi connectivity index (χ4n) is 3.94. The molecule has 1 aliphatic carbocycles. The van der Waals surface area contributed by atoms with E-state index in [1.807, 2.05) is 4.90 Å². The van der Waals surface area contributed by atoms with Crippen LogP contribution in [0, 0.1) is 5.41 Å². The van der Waals surface area contributed by atoms with Gasteiger partial charge in [0, 0.05) is 32.5 Å². The second kappa shape index (κ2) is 10.9. The monoisotopic (exact) mass is 359 g/mol. The molecule has 1 heterocycles. The van der Waals surface area contributed by atoms with Crippen LogP contribution in [-0.4, -0.2) is 42.9 Å². The topological polar surface area (TPSA) is 75.4 Å². The largest absolute Gasteiger partial charge is 0.356 e. The first-order valence-corrected chi connectivity index (χ1v) is 9.40. The Balaban J connectivity index is 0.00000288. The van der Waals surface area contributed by atoms with Crippen LogP contribution in [0.3, 0.4) is 0 Å². The molecule has 0 aromatic rings. The van der Waals surface area contributed by atoms with Crippen molar-refractivity contribution in [2.75, 3.05) is 26.2 Å². The van der Waals surface area contributed by atoms with Crippen molar-refractivity contribution < 1.29 is 9.59 Å². The van der Waals surface area contributed by atoms with Crippen molar-refractivity contribution in [1.29, 1.82) is 0 Å². The highest BCUT2D eigenvalue weighted by Crippen LogP contribution is 2.38. The van der Waals surface area contributed by atoms with Crippen molar-refractivity contribution in [3.05, 3.63) is 0 Å². The quantitative estimate of drug-likeness (QED) is 0.765. The summed E-state index contributed by atoms with van der Waals surface area (Å²) in [5, 5.41) is 2.93. The van der Waals surface area contributed by atoms with Gasteiger partial charge in [-0.3, -0.25) is 9.59 Å². The summed E-state index contributed by atoms with van der Waals surface area (Å²) < 4.78 is 0. The zero-order valence-corrected chi connectivity index (χ0v) is 15.7. The Morgan fingerprint density at radius 2 is 1.54 bits per heavy atom. The number of likely N-dealkylation sites (tertiary alicyclic amines) is 1. The molecule has 2 fully saturated rings. The maximum atomic E-state index is 12.2. The van der Waals surface area contributed by atoms with Gasteiger partial charge in [-0.15, -0.1) is 12.4 Å². The molecule has 0 aromatic carbocycles. The molecule has 5 nitrogen and oxygen atoms in total. The fraction of sp³-hybridized carbons (Fsp3) is 0.889. The normalized spacial score (nSPS) is 20.6. The molecule has 140 valence electrons. The Kier molecular flexibility index (Phi) is 9.67. The van der Waals surface area contributed by atoms with Crippen LogP contribution in [0.4, 0.5) is 0 Å². The number of carbonyl (C=O) groups is 2. The van der Waals surface area contributed by atoms with Gasteiger partial charge in [-0.1, -0.05) is 32.1 Å². The molecule has 0 aromatic heterocycles. The minimum absolute atomic E-state index is 0. The van der Waals surface area contributed by atoms with Crippen LogP contribution in [0.25, 0.3) is 0 Å². The maximum absolute atomic E-state index is 12.2. The second-order valence-corrected chi connectivity index (χ2v) is 7.34. The average molecular weight is 360 g/mol. The zero-order valence-electron chi connectivity index (χ0n) is 14.9. The summed E-state index contributed by atoms with van der Waals surface area (Å²) in [6.45, 7) is 2.80. The van der Waals surface area contributed by atoms with Gasteiger partial charge in [-0.05, 0) is 37.6 Å². The van der Waals surface area contributed by atoms with Crippen LogP contribution in [-0.2, 0) is 9.59 Å². The van der Waals surface area contributed by atoms with E-state index in [9.17, 15) is 9.59 Å². The van der Waals surface area contributed by atoms with Crippen LogP contribution < -0.4 is 11.1 Å². The Bertz CT molecular complexity index is 390. The van der Waals surface area contributed by atoms with Crippen LogP contribution in [0.2, 0.25) is 0 Å². The van der Waals surface area contributed by atoms with E-state index >= 15 is 0 Å². The summed E-state index contributed by atoms with van der Waals surface area (Å²) in [5.74, 6) is 0.236. The molecule has 0 atom stereocenters. The number of rotatable bonds is 6. The van der Waals surface area contributed by atoms with Gasteiger partial charge in [0.05, 0.1) is 0 Å². The minimum Gasteiger partial charge on any atom is -0.356 e. The van der Waals surface area contributed by atoms with Gasteiger partial charge in [-0.2, -0.15) is 0 Å². The molecular weight excluding hydrogens is 326 g/mol. The predicted octanol–water partition coefficient (Wildman–Crippen LogP) is 2.62. The Hall–Kier alpha value is -0.810. The third-order valence-electron chi connectivity index (χ3n) is 5.50. The van der Waals surface area contributed by atoms with E-state index in [1.165, 1.54) is 32.1 Å². The van der Waals surface area contributed by atoms with E-state index in [2.05, 4.69) is 5.32 Å². The molecule has 2 aliphatic rings. The van der Waals surface area contributed by atoms with E-state index in [0.29, 0.717) is 25.9 Å². The van der Waals surface area contributed by atoms with E-state index in [0.717, 1.165) is 38.8 Å². The summed E-state index contributed by atoms with van der Waals surface area (Å²) in [6.07, 6.45) is 11.3. The fourth-order valence-corrected chi connectivity index (χ4v) is 3.94. The molecule has 2 rings (SSSR count). The van der Waals surface area contributed by atoms with Crippen LogP contribution in [0.1, 0.15) is 70.6 Å². The van der Waals surface area contributed by atoms with Gasteiger partial charge >= 0.3 is 0 Å². The lowest BCUT2D eigenvalue weighted by Crippen LogP contribution is -2.40. The maximum Gasteiger partial charge on any atom is 0.224 e. The van der Waals surface area contributed by atoms with E-state index in [1.54, 1.807) is 0 Å².